The fourth-order valence-electron chi connectivity index (χ4n) is 5.06. The molecule has 1 aliphatic carbocycles. The van der Waals surface area contributed by atoms with E-state index >= 15 is 0 Å². The molecule has 4 rings (SSSR count). The van der Waals surface area contributed by atoms with Crippen LogP contribution < -0.4 is 4.90 Å². The van der Waals surface area contributed by atoms with Gasteiger partial charge in [-0.3, -0.25) is 14.4 Å². The van der Waals surface area contributed by atoms with Crippen molar-refractivity contribution in [2.45, 2.75) is 44.2 Å². The molecule has 2 aromatic rings. The summed E-state index contributed by atoms with van der Waals surface area (Å²) in [7, 11) is 1.75. The molecule has 2 amide bonds. The Morgan fingerprint density at radius 3 is 2.48 bits per heavy atom. The fourth-order valence-corrected chi connectivity index (χ4v) is 5.18. The van der Waals surface area contributed by atoms with Crippen molar-refractivity contribution in [1.29, 1.82) is 0 Å². The maximum atomic E-state index is 13.5. The third-order valence-electron chi connectivity index (χ3n) is 6.46. The minimum absolute atomic E-state index is 0.0159. The quantitative estimate of drug-likeness (QED) is 0.740. The number of fused-ring (bicyclic) bond motifs is 2. The van der Waals surface area contributed by atoms with Crippen molar-refractivity contribution in [2.24, 2.45) is 5.92 Å². The second-order valence-corrected chi connectivity index (χ2v) is 8.68. The molecule has 6 nitrogen and oxygen atoms in total. The van der Waals surface area contributed by atoms with Crippen LogP contribution in [0.5, 0.6) is 0 Å². The Labute approximate surface area is 186 Å². The normalized spacial score (nSPS) is 21.9. The van der Waals surface area contributed by atoms with Crippen molar-refractivity contribution in [3.05, 3.63) is 64.7 Å². The highest BCUT2D eigenvalue weighted by Gasteiger charge is 2.47. The van der Waals surface area contributed by atoms with Gasteiger partial charge in [0, 0.05) is 41.7 Å². The zero-order valence-corrected chi connectivity index (χ0v) is 18.1. The van der Waals surface area contributed by atoms with Crippen molar-refractivity contribution in [2.75, 3.05) is 11.9 Å². The number of halogens is 1. The Morgan fingerprint density at radius 2 is 1.77 bits per heavy atom. The first-order valence-corrected chi connectivity index (χ1v) is 10.9. The summed E-state index contributed by atoms with van der Waals surface area (Å²) in [5.41, 5.74) is 2.32. The zero-order valence-electron chi connectivity index (χ0n) is 17.3. The lowest BCUT2D eigenvalue weighted by Crippen LogP contribution is -2.51. The minimum Gasteiger partial charge on any atom is -0.481 e. The highest BCUT2D eigenvalue weighted by atomic mass is 35.5. The minimum atomic E-state index is -0.982. The molecule has 1 N–H and O–H groups in total. The Hall–Kier alpha value is -2.86. The first kappa shape index (κ1) is 21.4. The van der Waals surface area contributed by atoms with Crippen LogP contribution >= 0.6 is 11.6 Å². The van der Waals surface area contributed by atoms with E-state index in [9.17, 15) is 14.4 Å². The number of carboxylic acid groups (broad SMARTS) is 1. The highest BCUT2D eigenvalue weighted by molar-refractivity contribution is 6.30. The molecule has 0 aromatic heterocycles. The average Bonchev–Trinajstić information content (AvgIpc) is 3.24. The van der Waals surface area contributed by atoms with Gasteiger partial charge in [0.15, 0.2) is 0 Å². The van der Waals surface area contributed by atoms with Crippen LogP contribution in [-0.4, -0.2) is 40.9 Å². The fraction of sp³-hybridized carbons (Fsp3) is 0.375. The van der Waals surface area contributed by atoms with E-state index in [-0.39, 0.29) is 42.7 Å². The molecule has 1 heterocycles. The van der Waals surface area contributed by atoms with Crippen molar-refractivity contribution in [3.63, 3.8) is 0 Å². The second-order valence-electron chi connectivity index (χ2n) is 8.25. The van der Waals surface area contributed by atoms with Gasteiger partial charge in [0.05, 0.1) is 12.5 Å². The van der Waals surface area contributed by atoms with Crippen LogP contribution in [0, 0.1) is 5.92 Å². The summed E-state index contributed by atoms with van der Waals surface area (Å²) in [5, 5.41) is 9.54. The lowest BCUT2D eigenvalue weighted by Gasteiger charge is -2.46. The predicted molar refractivity (Wildman–Crippen MR) is 118 cm³/mol. The summed E-state index contributed by atoms with van der Waals surface area (Å²) in [4.78, 5) is 40.8. The summed E-state index contributed by atoms with van der Waals surface area (Å²) < 4.78 is 0. The Balaban J connectivity index is 1.72. The lowest BCUT2D eigenvalue weighted by atomic mass is 9.81. The number of anilines is 1. The number of nitrogens with zero attached hydrogens (tertiary/aromatic N) is 2. The maximum Gasteiger partial charge on any atom is 0.303 e. The van der Waals surface area contributed by atoms with E-state index in [0.717, 1.165) is 30.5 Å². The van der Waals surface area contributed by atoms with E-state index in [0.29, 0.717) is 10.6 Å². The van der Waals surface area contributed by atoms with Crippen molar-refractivity contribution < 1.29 is 19.5 Å². The number of rotatable bonds is 5. The molecule has 1 saturated carbocycles. The number of hydrogen-bond donors (Lipinski definition) is 1. The topological polar surface area (TPSA) is 77.9 Å². The lowest BCUT2D eigenvalue weighted by molar-refractivity contribution is -0.141. The van der Waals surface area contributed by atoms with Gasteiger partial charge in [-0.25, -0.2) is 0 Å². The molecular weight excluding hydrogens is 416 g/mol. The van der Waals surface area contributed by atoms with Crippen LogP contribution in [0.1, 0.15) is 54.1 Å². The number of hydrogen-bond acceptors (Lipinski definition) is 3. The average molecular weight is 441 g/mol. The number of carboxylic acids is 1. The van der Waals surface area contributed by atoms with E-state index in [1.54, 1.807) is 36.2 Å². The van der Waals surface area contributed by atoms with Gasteiger partial charge < -0.3 is 14.9 Å². The molecule has 0 radical (unpaired) electrons. The van der Waals surface area contributed by atoms with E-state index in [1.807, 2.05) is 29.2 Å². The van der Waals surface area contributed by atoms with Crippen LogP contribution in [-0.2, 0) is 9.59 Å². The van der Waals surface area contributed by atoms with E-state index < -0.39 is 5.97 Å². The van der Waals surface area contributed by atoms with Gasteiger partial charge in [0.2, 0.25) is 5.91 Å². The molecule has 3 atom stereocenters. The summed E-state index contributed by atoms with van der Waals surface area (Å²) in [5.74, 6) is -1.14. The van der Waals surface area contributed by atoms with Crippen LogP contribution in [0.2, 0.25) is 5.02 Å². The monoisotopic (exact) mass is 440 g/mol. The molecule has 31 heavy (non-hydrogen) atoms. The molecule has 162 valence electrons. The van der Waals surface area contributed by atoms with Crippen LogP contribution in [0.15, 0.2) is 48.5 Å². The number of aliphatic carboxylic acids is 1. The maximum absolute atomic E-state index is 13.5. The summed E-state index contributed by atoms with van der Waals surface area (Å²) >= 11 is 6.00. The first-order chi connectivity index (χ1) is 14.9. The van der Waals surface area contributed by atoms with E-state index in [4.69, 9.17) is 16.7 Å². The summed E-state index contributed by atoms with van der Waals surface area (Å²) in [6.07, 6.45) is 2.53. The van der Waals surface area contributed by atoms with Gasteiger partial charge >= 0.3 is 5.97 Å². The Bertz CT molecular complexity index is 1010. The molecule has 1 aliphatic heterocycles. The third kappa shape index (κ3) is 4.04. The molecule has 2 aromatic carbocycles. The third-order valence-corrected chi connectivity index (χ3v) is 6.71. The standard InChI is InChI=1S/C24H25ClN2O4/c1-26(21(28)13-14-22(29)30)23-17-5-2-3-7-19(17)27(20-8-4-6-18(20)23)24(31)15-9-11-16(25)12-10-15/h2-3,5,7,9-12,18,20,23H,4,6,8,13-14H2,1H3,(H,29,30)/t18-,20+,23-/m0/s1. The molecule has 0 unspecified atom stereocenters. The van der Waals surface area contributed by atoms with Crippen molar-refractivity contribution >= 4 is 35.1 Å². The molecule has 0 spiro atoms. The SMILES string of the molecule is CN(C(=O)CCC(=O)O)[C@H]1c2ccccc2N(C(=O)c2ccc(Cl)cc2)[C@@H]2CCC[C@@H]21. The van der Waals surface area contributed by atoms with Gasteiger partial charge in [-0.15, -0.1) is 0 Å². The molecular formula is C24H25ClN2O4. The van der Waals surface area contributed by atoms with E-state index in [1.165, 1.54) is 0 Å². The van der Waals surface area contributed by atoms with Crippen molar-refractivity contribution in [3.8, 4) is 0 Å². The smallest absolute Gasteiger partial charge is 0.303 e. The Morgan fingerprint density at radius 1 is 1.06 bits per heavy atom. The number of carbonyl (C=O) groups excluding carboxylic acids is 2. The predicted octanol–water partition coefficient (Wildman–Crippen LogP) is 4.53. The van der Waals surface area contributed by atoms with Gasteiger partial charge in [-0.2, -0.15) is 0 Å². The number of benzene rings is 2. The Kier molecular flexibility index (Phi) is 6.01. The highest BCUT2D eigenvalue weighted by Crippen LogP contribution is 2.50. The van der Waals surface area contributed by atoms with Gasteiger partial charge in [0.25, 0.3) is 5.91 Å². The van der Waals surface area contributed by atoms with Crippen LogP contribution in [0.4, 0.5) is 5.69 Å². The summed E-state index contributed by atoms with van der Waals surface area (Å²) in [6.45, 7) is 0. The van der Waals surface area contributed by atoms with Gasteiger partial charge in [-0.05, 0) is 48.7 Å². The number of amides is 2. The molecule has 1 fully saturated rings. The largest absolute Gasteiger partial charge is 0.481 e. The molecule has 0 bridgehead atoms. The molecule has 0 saturated heterocycles. The zero-order chi connectivity index (χ0) is 22.1. The molecule has 2 aliphatic rings. The van der Waals surface area contributed by atoms with Gasteiger partial charge in [0.1, 0.15) is 0 Å². The van der Waals surface area contributed by atoms with Crippen LogP contribution in [0.3, 0.4) is 0 Å². The van der Waals surface area contributed by atoms with Crippen LogP contribution in [0.25, 0.3) is 0 Å². The summed E-state index contributed by atoms with van der Waals surface area (Å²) in [6, 6.07) is 14.4. The first-order valence-electron chi connectivity index (χ1n) is 10.5. The van der Waals surface area contributed by atoms with Gasteiger partial charge in [-0.1, -0.05) is 36.2 Å². The second kappa shape index (κ2) is 8.71. The number of para-hydroxylation sites is 1. The number of carbonyl (C=O) groups is 3. The van der Waals surface area contributed by atoms with Crippen molar-refractivity contribution in [1.82, 2.24) is 4.90 Å². The molecule has 7 heteroatoms. The van der Waals surface area contributed by atoms with E-state index in [2.05, 4.69) is 0 Å².